The molecule has 17 heavy (non-hydrogen) atoms. The first-order valence-electron chi connectivity index (χ1n) is 6.81. The van der Waals surface area contributed by atoms with Gasteiger partial charge in [0.2, 0.25) is 0 Å². The number of rotatable bonds is 9. The van der Waals surface area contributed by atoms with Crippen LogP contribution in [0.3, 0.4) is 0 Å². The summed E-state index contributed by atoms with van der Waals surface area (Å²) in [7, 11) is 0. The van der Waals surface area contributed by atoms with Gasteiger partial charge < -0.3 is 14.8 Å². The van der Waals surface area contributed by atoms with E-state index in [2.05, 4.69) is 46.9 Å². The van der Waals surface area contributed by atoms with Crippen LogP contribution in [-0.2, 0) is 9.47 Å². The molecule has 0 saturated carbocycles. The molecule has 0 rings (SSSR count). The predicted octanol–water partition coefficient (Wildman–Crippen LogP) is 2.84. The monoisotopic (exact) mass is 245 g/mol. The Morgan fingerprint density at radius 3 is 2.18 bits per heavy atom. The fraction of sp³-hybridized carbons (Fsp3) is 1.00. The van der Waals surface area contributed by atoms with E-state index in [0.29, 0.717) is 25.2 Å². The third-order valence-electron chi connectivity index (χ3n) is 2.35. The quantitative estimate of drug-likeness (QED) is 0.634. The molecule has 0 aliphatic rings. The molecule has 0 fully saturated rings. The van der Waals surface area contributed by atoms with Crippen molar-refractivity contribution in [2.24, 2.45) is 5.92 Å². The van der Waals surface area contributed by atoms with Gasteiger partial charge in [-0.25, -0.2) is 0 Å². The summed E-state index contributed by atoms with van der Waals surface area (Å²) in [6.07, 6.45) is 1.35. The van der Waals surface area contributed by atoms with Crippen LogP contribution in [0.4, 0.5) is 0 Å². The highest BCUT2D eigenvalue weighted by atomic mass is 16.5. The summed E-state index contributed by atoms with van der Waals surface area (Å²) in [6.45, 7) is 16.1. The Kier molecular flexibility index (Phi) is 8.83. The van der Waals surface area contributed by atoms with E-state index < -0.39 is 0 Å². The van der Waals surface area contributed by atoms with Crippen LogP contribution >= 0.6 is 0 Å². The minimum Gasteiger partial charge on any atom is -0.375 e. The van der Waals surface area contributed by atoms with Crippen LogP contribution < -0.4 is 5.32 Å². The lowest BCUT2D eigenvalue weighted by Crippen LogP contribution is -2.32. The maximum absolute atomic E-state index is 5.78. The largest absolute Gasteiger partial charge is 0.375 e. The minimum atomic E-state index is -0.0685. The van der Waals surface area contributed by atoms with Crippen molar-refractivity contribution in [1.82, 2.24) is 5.32 Å². The number of hydrogen-bond acceptors (Lipinski definition) is 3. The minimum absolute atomic E-state index is 0.0685. The van der Waals surface area contributed by atoms with Gasteiger partial charge in [0.05, 0.1) is 24.9 Å². The van der Waals surface area contributed by atoms with Crippen molar-refractivity contribution in [3.05, 3.63) is 0 Å². The van der Waals surface area contributed by atoms with Crippen molar-refractivity contribution >= 4 is 0 Å². The summed E-state index contributed by atoms with van der Waals surface area (Å²) < 4.78 is 11.4. The normalized spacial score (nSPS) is 14.3. The molecule has 0 spiro atoms. The first-order chi connectivity index (χ1) is 7.85. The second-order valence-electron chi connectivity index (χ2n) is 5.91. The molecule has 0 aromatic rings. The van der Waals surface area contributed by atoms with Crippen LogP contribution in [0.5, 0.6) is 0 Å². The molecule has 0 amide bonds. The Labute approximate surface area is 107 Å². The Morgan fingerprint density at radius 2 is 1.71 bits per heavy atom. The predicted molar refractivity (Wildman–Crippen MR) is 73.4 cm³/mol. The van der Waals surface area contributed by atoms with E-state index in [4.69, 9.17) is 9.47 Å². The van der Waals surface area contributed by atoms with Crippen molar-refractivity contribution in [2.45, 2.75) is 59.7 Å². The Balaban J connectivity index is 3.54. The highest BCUT2D eigenvalue weighted by Gasteiger charge is 2.11. The van der Waals surface area contributed by atoms with Gasteiger partial charge in [-0.3, -0.25) is 0 Å². The molecular weight excluding hydrogens is 214 g/mol. The molecule has 104 valence electrons. The summed E-state index contributed by atoms with van der Waals surface area (Å²) in [5.74, 6) is 0.691. The molecule has 0 aromatic carbocycles. The zero-order valence-corrected chi connectivity index (χ0v) is 12.5. The number of hydrogen-bond donors (Lipinski definition) is 1. The van der Waals surface area contributed by atoms with Gasteiger partial charge in [-0.15, -0.1) is 0 Å². The first-order valence-corrected chi connectivity index (χ1v) is 6.81. The molecular formula is C14H31NO2. The maximum Gasteiger partial charge on any atom is 0.0707 e. The number of nitrogens with one attached hydrogen (secondary N) is 1. The van der Waals surface area contributed by atoms with Crippen molar-refractivity contribution in [1.29, 1.82) is 0 Å². The first kappa shape index (κ1) is 16.9. The molecule has 0 heterocycles. The van der Waals surface area contributed by atoms with Gasteiger partial charge in [0, 0.05) is 6.54 Å². The SMILES string of the molecule is CCC(CNCC(C)C)OCCOC(C)(C)C. The second-order valence-corrected chi connectivity index (χ2v) is 5.91. The molecule has 1 N–H and O–H groups in total. The van der Waals surface area contributed by atoms with Gasteiger partial charge in [0.15, 0.2) is 0 Å². The van der Waals surface area contributed by atoms with Crippen molar-refractivity contribution in [3.8, 4) is 0 Å². The van der Waals surface area contributed by atoms with E-state index in [1.165, 1.54) is 0 Å². The van der Waals surface area contributed by atoms with Crippen LogP contribution in [0, 0.1) is 5.92 Å². The van der Waals surface area contributed by atoms with Crippen molar-refractivity contribution in [3.63, 3.8) is 0 Å². The van der Waals surface area contributed by atoms with Crippen LogP contribution in [0.2, 0.25) is 0 Å². The molecule has 0 aliphatic carbocycles. The zero-order chi connectivity index (χ0) is 13.3. The van der Waals surface area contributed by atoms with Crippen molar-refractivity contribution in [2.75, 3.05) is 26.3 Å². The summed E-state index contributed by atoms with van der Waals surface area (Å²) in [5, 5.41) is 3.43. The van der Waals surface area contributed by atoms with Gasteiger partial charge in [-0.2, -0.15) is 0 Å². The average molecular weight is 245 g/mol. The molecule has 3 nitrogen and oxygen atoms in total. The highest BCUT2D eigenvalue weighted by Crippen LogP contribution is 2.06. The van der Waals surface area contributed by atoms with Gasteiger partial charge in [0.1, 0.15) is 0 Å². The molecule has 0 radical (unpaired) electrons. The molecule has 0 aliphatic heterocycles. The Bertz CT molecular complexity index is 176. The lowest BCUT2D eigenvalue weighted by Gasteiger charge is -2.21. The summed E-state index contributed by atoms with van der Waals surface area (Å²) in [4.78, 5) is 0. The van der Waals surface area contributed by atoms with Crippen LogP contribution in [0.25, 0.3) is 0 Å². The molecule has 0 aromatic heterocycles. The summed E-state index contributed by atoms with van der Waals surface area (Å²) >= 11 is 0. The standard InChI is InChI=1S/C14H31NO2/c1-7-13(11-15-10-12(2)3)16-8-9-17-14(4,5)6/h12-13,15H,7-11H2,1-6H3. The van der Waals surface area contributed by atoms with E-state index in [9.17, 15) is 0 Å². The van der Waals surface area contributed by atoms with Gasteiger partial charge >= 0.3 is 0 Å². The zero-order valence-electron chi connectivity index (χ0n) is 12.5. The Morgan fingerprint density at radius 1 is 1.06 bits per heavy atom. The van der Waals surface area contributed by atoms with Crippen LogP contribution in [0.15, 0.2) is 0 Å². The van der Waals surface area contributed by atoms with Gasteiger partial charge in [-0.05, 0) is 39.7 Å². The number of ether oxygens (including phenoxy) is 2. The van der Waals surface area contributed by atoms with Gasteiger partial charge in [-0.1, -0.05) is 20.8 Å². The molecule has 1 atom stereocenters. The average Bonchev–Trinajstić information content (AvgIpc) is 2.19. The van der Waals surface area contributed by atoms with E-state index in [1.807, 2.05) is 0 Å². The van der Waals surface area contributed by atoms with E-state index in [-0.39, 0.29) is 5.60 Å². The third-order valence-corrected chi connectivity index (χ3v) is 2.35. The van der Waals surface area contributed by atoms with E-state index in [0.717, 1.165) is 19.5 Å². The lowest BCUT2D eigenvalue weighted by atomic mass is 10.2. The Hall–Kier alpha value is -0.120. The fourth-order valence-electron chi connectivity index (χ4n) is 1.42. The van der Waals surface area contributed by atoms with E-state index >= 15 is 0 Å². The smallest absolute Gasteiger partial charge is 0.0707 e. The molecule has 1 unspecified atom stereocenters. The molecule has 3 heteroatoms. The second kappa shape index (κ2) is 8.90. The van der Waals surface area contributed by atoms with Crippen LogP contribution in [0.1, 0.15) is 48.0 Å². The molecule has 0 saturated heterocycles. The third kappa shape index (κ3) is 12.1. The van der Waals surface area contributed by atoms with Crippen LogP contribution in [-0.4, -0.2) is 38.0 Å². The summed E-state index contributed by atoms with van der Waals surface area (Å²) in [6, 6.07) is 0. The maximum atomic E-state index is 5.78. The molecule has 0 bridgehead atoms. The van der Waals surface area contributed by atoms with Crippen molar-refractivity contribution < 1.29 is 9.47 Å². The topological polar surface area (TPSA) is 30.5 Å². The van der Waals surface area contributed by atoms with E-state index in [1.54, 1.807) is 0 Å². The van der Waals surface area contributed by atoms with Gasteiger partial charge in [0.25, 0.3) is 0 Å². The lowest BCUT2D eigenvalue weighted by molar-refractivity contribution is -0.0516. The fourth-order valence-corrected chi connectivity index (χ4v) is 1.42. The highest BCUT2D eigenvalue weighted by molar-refractivity contribution is 4.62. The summed E-state index contributed by atoms with van der Waals surface area (Å²) in [5.41, 5.74) is -0.0685.